The second kappa shape index (κ2) is 7.98. The van der Waals surface area contributed by atoms with Crippen molar-refractivity contribution in [2.75, 3.05) is 0 Å². The Morgan fingerprint density at radius 3 is 2.95 bits per heavy atom. The highest BCUT2D eigenvalue weighted by Crippen LogP contribution is 2.36. The molecule has 0 aliphatic heterocycles. The molecule has 112 valence electrons. The minimum absolute atomic E-state index is 0.476. The standard InChI is InChI=1S/C17H16ClN3S/c1-3-4-5-16(22-17-12(2)10-20-11-21-17)13-6-7-15(18)14(8-13)9-19/h5-8,10-11H,3-4H2,1-2H3/b16-5+. The van der Waals surface area contributed by atoms with Gasteiger partial charge in [-0.1, -0.05) is 48.8 Å². The van der Waals surface area contributed by atoms with Crippen LogP contribution in [0.5, 0.6) is 0 Å². The molecule has 0 atom stereocenters. The van der Waals surface area contributed by atoms with Crippen LogP contribution in [0.3, 0.4) is 0 Å². The van der Waals surface area contributed by atoms with E-state index in [-0.39, 0.29) is 0 Å². The summed E-state index contributed by atoms with van der Waals surface area (Å²) >= 11 is 7.61. The van der Waals surface area contributed by atoms with Gasteiger partial charge in [-0.2, -0.15) is 5.26 Å². The molecule has 1 aromatic carbocycles. The van der Waals surface area contributed by atoms with Gasteiger partial charge in [-0.15, -0.1) is 0 Å². The number of benzene rings is 1. The number of unbranched alkanes of at least 4 members (excludes halogenated alkanes) is 1. The van der Waals surface area contributed by atoms with Gasteiger partial charge < -0.3 is 0 Å². The summed E-state index contributed by atoms with van der Waals surface area (Å²) in [6.07, 6.45) is 7.56. The molecule has 0 saturated heterocycles. The third kappa shape index (κ3) is 4.09. The van der Waals surface area contributed by atoms with E-state index in [9.17, 15) is 0 Å². The Hall–Kier alpha value is -1.83. The summed E-state index contributed by atoms with van der Waals surface area (Å²) in [7, 11) is 0. The molecule has 0 saturated carbocycles. The van der Waals surface area contributed by atoms with E-state index in [1.165, 1.54) is 0 Å². The number of rotatable bonds is 5. The first kappa shape index (κ1) is 16.5. The van der Waals surface area contributed by atoms with E-state index in [4.69, 9.17) is 16.9 Å². The van der Waals surface area contributed by atoms with Gasteiger partial charge in [-0.25, -0.2) is 9.97 Å². The van der Waals surface area contributed by atoms with Gasteiger partial charge >= 0.3 is 0 Å². The van der Waals surface area contributed by atoms with Gasteiger partial charge in [0.05, 0.1) is 10.6 Å². The average molecular weight is 330 g/mol. The molecule has 5 heteroatoms. The number of hydrogen-bond donors (Lipinski definition) is 0. The van der Waals surface area contributed by atoms with Crippen molar-refractivity contribution < 1.29 is 0 Å². The molecule has 0 bridgehead atoms. The molecule has 0 unspecified atom stereocenters. The minimum atomic E-state index is 0.476. The van der Waals surface area contributed by atoms with Gasteiger partial charge in [0.1, 0.15) is 17.4 Å². The largest absolute Gasteiger partial charge is 0.244 e. The van der Waals surface area contributed by atoms with Gasteiger partial charge in [0.2, 0.25) is 0 Å². The first-order chi connectivity index (χ1) is 10.7. The van der Waals surface area contributed by atoms with Crippen LogP contribution in [0.1, 0.15) is 36.5 Å². The van der Waals surface area contributed by atoms with Crippen molar-refractivity contribution in [2.24, 2.45) is 0 Å². The predicted octanol–water partition coefficient (Wildman–Crippen LogP) is 5.24. The summed E-state index contributed by atoms with van der Waals surface area (Å²) < 4.78 is 0. The summed E-state index contributed by atoms with van der Waals surface area (Å²) in [4.78, 5) is 9.43. The maximum absolute atomic E-state index is 9.15. The summed E-state index contributed by atoms with van der Waals surface area (Å²) in [5.41, 5.74) is 2.50. The number of nitrogens with zero attached hydrogens (tertiary/aromatic N) is 3. The number of aromatic nitrogens is 2. The SMILES string of the molecule is CCC/C=C(/Sc1ncncc1C)c1ccc(Cl)c(C#N)c1. The minimum Gasteiger partial charge on any atom is -0.244 e. The Labute approximate surface area is 140 Å². The summed E-state index contributed by atoms with van der Waals surface area (Å²) in [6, 6.07) is 7.66. The lowest BCUT2D eigenvalue weighted by Crippen LogP contribution is -1.90. The highest BCUT2D eigenvalue weighted by Gasteiger charge is 2.10. The molecule has 0 aliphatic carbocycles. The fraction of sp³-hybridized carbons (Fsp3) is 0.235. The van der Waals surface area contributed by atoms with E-state index in [0.717, 1.165) is 33.9 Å². The number of nitriles is 1. The Bertz CT molecular complexity index is 735. The lowest BCUT2D eigenvalue weighted by atomic mass is 10.1. The van der Waals surface area contributed by atoms with Gasteiger partial charge in [0, 0.05) is 11.1 Å². The highest BCUT2D eigenvalue weighted by atomic mass is 35.5. The van der Waals surface area contributed by atoms with Crippen molar-refractivity contribution in [3.05, 3.63) is 58.5 Å². The average Bonchev–Trinajstić information content (AvgIpc) is 2.54. The van der Waals surface area contributed by atoms with E-state index < -0.39 is 0 Å². The molecule has 1 heterocycles. The van der Waals surface area contributed by atoms with Gasteiger partial charge in [-0.3, -0.25) is 0 Å². The van der Waals surface area contributed by atoms with Crippen molar-refractivity contribution in [2.45, 2.75) is 31.7 Å². The molecule has 1 aromatic heterocycles. The Kier molecular flexibility index (Phi) is 6.00. The molecule has 0 aliphatic rings. The van der Waals surface area contributed by atoms with Crippen molar-refractivity contribution in [1.29, 1.82) is 5.26 Å². The van der Waals surface area contributed by atoms with Crippen LogP contribution in [0.15, 0.2) is 41.8 Å². The van der Waals surface area contributed by atoms with Crippen LogP contribution < -0.4 is 0 Å². The lowest BCUT2D eigenvalue weighted by molar-refractivity contribution is 0.961. The van der Waals surface area contributed by atoms with Crippen LogP contribution >= 0.6 is 23.4 Å². The number of halogens is 1. The number of thioether (sulfide) groups is 1. The smallest absolute Gasteiger partial charge is 0.116 e. The fourth-order valence-electron chi connectivity index (χ4n) is 1.86. The molecular weight excluding hydrogens is 314 g/mol. The zero-order chi connectivity index (χ0) is 15.9. The maximum Gasteiger partial charge on any atom is 0.116 e. The quantitative estimate of drug-likeness (QED) is 0.555. The van der Waals surface area contributed by atoms with Crippen molar-refractivity contribution in [1.82, 2.24) is 9.97 Å². The van der Waals surface area contributed by atoms with Crippen LogP contribution in [0.2, 0.25) is 5.02 Å². The van der Waals surface area contributed by atoms with E-state index in [1.54, 1.807) is 30.4 Å². The Balaban J connectivity index is 2.39. The highest BCUT2D eigenvalue weighted by molar-refractivity contribution is 8.08. The second-order valence-corrected chi connectivity index (χ2v) is 6.21. The number of hydrogen-bond acceptors (Lipinski definition) is 4. The Morgan fingerprint density at radius 2 is 2.27 bits per heavy atom. The zero-order valence-electron chi connectivity index (χ0n) is 12.5. The monoisotopic (exact) mass is 329 g/mol. The van der Waals surface area contributed by atoms with Crippen molar-refractivity contribution in [3.63, 3.8) is 0 Å². The molecule has 2 aromatic rings. The Morgan fingerprint density at radius 1 is 1.45 bits per heavy atom. The van der Waals surface area contributed by atoms with Crippen molar-refractivity contribution >= 4 is 28.3 Å². The molecular formula is C17H16ClN3S. The molecule has 0 spiro atoms. The first-order valence-electron chi connectivity index (χ1n) is 7.00. The summed E-state index contributed by atoms with van der Waals surface area (Å²) in [5, 5.41) is 10.6. The third-order valence-corrected chi connectivity index (χ3v) is 4.62. The second-order valence-electron chi connectivity index (χ2n) is 4.78. The molecule has 0 radical (unpaired) electrons. The molecule has 0 N–H and O–H groups in total. The van der Waals surface area contributed by atoms with E-state index in [0.29, 0.717) is 10.6 Å². The number of allylic oxidation sites excluding steroid dienone is 1. The van der Waals surface area contributed by atoms with Crippen LogP contribution in [0.25, 0.3) is 4.91 Å². The molecule has 22 heavy (non-hydrogen) atoms. The van der Waals surface area contributed by atoms with Crippen LogP contribution in [0.4, 0.5) is 0 Å². The zero-order valence-corrected chi connectivity index (χ0v) is 14.1. The molecule has 2 rings (SSSR count). The summed E-state index contributed by atoms with van der Waals surface area (Å²) in [6.45, 7) is 4.12. The van der Waals surface area contributed by atoms with Crippen LogP contribution in [-0.4, -0.2) is 9.97 Å². The molecule has 0 amide bonds. The van der Waals surface area contributed by atoms with Crippen LogP contribution in [0, 0.1) is 18.3 Å². The number of aryl methyl sites for hydroxylation is 1. The first-order valence-corrected chi connectivity index (χ1v) is 8.19. The molecule has 0 fully saturated rings. The topological polar surface area (TPSA) is 49.6 Å². The van der Waals surface area contributed by atoms with E-state index in [1.807, 2.05) is 19.1 Å². The maximum atomic E-state index is 9.15. The van der Waals surface area contributed by atoms with E-state index >= 15 is 0 Å². The van der Waals surface area contributed by atoms with Crippen LogP contribution in [-0.2, 0) is 0 Å². The predicted molar refractivity (Wildman–Crippen MR) is 91.7 cm³/mol. The lowest BCUT2D eigenvalue weighted by Gasteiger charge is -2.10. The normalized spacial score (nSPS) is 11.3. The van der Waals surface area contributed by atoms with Gasteiger partial charge in [-0.05, 0) is 36.6 Å². The summed E-state index contributed by atoms with van der Waals surface area (Å²) in [5.74, 6) is 0. The van der Waals surface area contributed by atoms with E-state index in [2.05, 4.69) is 29.0 Å². The van der Waals surface area contributed by atoms with Crippen molar-refractivity contribution in [3.8, 4) is 6.07 Å². The third-order valence-electron chi connectivity index (χ3n) is 3.04. The fourth-order valence-corrected chi connectivity index (χ4v) is 2.98. The van der Waals surface area contributed by atoms with Gasteiger partial charge in [0.25, 0.3) is 0 Å². The van der Waals surface area contributed by atoms with Gasteiger partial charge in [0.15, 0.2) is 0 Å². The molecule has 3 nitrogen and oxygen atoms in total.